The molecule has 0 radical (unpaired) electrons. The number of anilines is 3. The van der Waals surface area contributed by atoms with Crippen molar-refractivity contribution in [1.29, 1.82) is 0 Å². The molecule has 308 valence electrons. The van der Waals surface area contributed by atoms with E-state index in [1.54, 1.807) is 0 Å². The molecule has 0 atom stereocenters. The predicted octanol–water partition coefficient (Wildman–Crippen LogP) is 18.3. The summed E-state index contributed by atoms with van der Waals surface area (Å²) in [6.45, 7) is 0. The zero-order chi connectivity index (χ0) is 43.6. The van der Waals surface area contributed by atoms with Crippen LogP contribution in [0.1, 0.15) is 0 Å². The van der Waals surface area contributed by atoms with E-state index in [-0.39, 0.29) is 0 Å². The Bertz CT molecular complexity index is 3800. The molecule has 0 aliphatic carbocycles. The number of furan rings is 1. The van der Waals surface area contributed by atoms with Crippen LogP contribution in [0.3, 0.4) is 0 Å². The fourth-order valence-corrected chi connectivity index (χ4v) is 10.3. The third-order valence-electron chi connectivity index (χ3n) is 13.5. The quantitative estimate of drug-likeness (QED) is 0.149. The van der Waals surface area contributed by atoms with E-state index in [0.29, 0.717) is 0 Å². The lowest BCUT2D eigenvalue weighted by molar-refractivity contribution is 0.671. The van der Waals surface area contributed by atoms with Gasteiger partial charge in [-0.3, -0.25) is 0 Å². The molecule has 0 spiro atoms. The first kappa shape index (κ1) is 37.8. The smallest absolute Gasteiger partial charge is 0.143 e. The molecule has 1 aromatic heterocycles. The highest BCUT2D eigenvalue weighted by Crippen LogP contribution is 2.43. The molecule has 2 heteroatoms. The Morgan fingerprint density at radius 1 is 0.227 bits per heavy atom. The molecular weight excluding hydrogens is 799 g/mol. The van der Waals surface area contributed by atoms with Gasteiger partial charge in [-0.2, -0.15) is 0 Å². The molecule has 0 unspecified atom stereocenters. The standard InChI is InChI=1S/C64H41NO/c1-2-14-42(15-3-1)53-24-12-26-59-60-27-13-25-54(64(60)66-63(53)59)43-28-34-48(35-29-43)65(49-36-30-44(31-37-49)61-40-46-16-4-6-18-51(46)55-20-8-10-22-57(55)61)50-38-32-45(33-39-50)62-41-47-17-5-7-19-52(47)56-21-9-11-23-58(56)62/h1-41H. The van der Waals surface area contributed by atoms with E-state index in [4.69, 9.17) is 4.42 Å². The summed E-state index contributed by atoms with van der Waals surface area (Å²) in [4.78, 5) is 2.36. The van der Waals surface area contributed by atoms with Crippen LogP contribution in [0.2, 0.25) is 0 Å². The molecule has 0 saturated heterocycles. The number of benzene rings is 12. The summed E-state index contributed by atoms with van der Waals surface area (Å²) >= 11 is 0. The summed E-state index contributed by atoms with van der Waals surface area (Å²) in [6.07, 6.45) is 0. The molecule has 0 bridgehead atoms. The maximum atomic E-state index is 6.83. The van der Waals surface area contributed by atoms with E-state index in [0.717, 1.165) is 61.3 Å². The minimum absolute atomic E-state index is 0.897. The van der Waals surface area contributed by atoms with Gasteiger partial charge in [0.15, 0.2) is 0 Å². The van der Waals surface area contributed by atoms with Gasteiger partial charge < -0.3 is 9.32 Å². The Balaban J connectivity index is 0.923. The van der Waals surface area contributed by atoms with Crippen LogP contribution in [0.5, 0.6) is 0 Å². The molecule has 0 aliphatic heterocycles. The van der Waals surface area contributed by atoms with Gasteiger partial charge in [-0.1, -0.05) is 200 Å². The van der Waals surface area contributed by atoms with Crippen molar-refractivity contribution in [3.63, 3.8) is 0 Å². The first-order valence-electron chi connectivity index (χ1n) is 22.7. The van der Waals surface area contributed by atoms with Crippen molar-refractivity contribution in [1.82, 2.24) is 0 Å². The Kier molecular flexibility index (Phi) is 8.89. The molecule has 0 fully saturated rings. The van der Waals surface area contributed by atoms with Crippen molar-refractivity contribution in [3.8, 4) is 44.5 Å². The van der Waals surface area contributed by atoms with Gasteiger partial charge in [0.25, 0.3) is 0 Å². The lowest BCUT2D eigenvalue weighted by Gasteiger charge is -2.26. The highest BCUT2D eigenvalue weighted by atomic mass is 16.3. The Morgan fingerprint density at radius 2 is 0.561 bits per heavy atom. The molecule has 12 aromatic carbocycles. The Labute approximate surface area is 382 Å². The maximum absolute atomic E-state index is 6.83. The number of hydrogen-bond donors (Lipinski definition) is 0. The van der Waals surface area contributed by atoms with Crippen molar-refractivity contribution in [2.24, 2.45) is 0 Å². The van der Waals surface area contributed by atoms with Gasteiger partial charge in [-0.15, -0.1) is 0 Å². The topological polar surface area (TPSA) is 16.4 Å². The van der Waals surface area contributed by atoms with Crippen LogP contribution in [0.4, 0.5) is 17.1 Å². The van der Waals surface area contributed by atoms with Crippen molar-refractivity contribution < 1.29 is 4.42 Å². The van der Waals surface area contributed by atoms with Gasteiger partial charge in [-0.25, -0.2) is 0 Å². The van der Waals surface area contributed by atoms with Gasteiger partial charge in [0, 0.05) is 39.0 Å². The first-order chi connectivity index (χ1) is 32.7. The molecule has 0 saturated carbocycles. The second-order valence-electron chi connectivity index (χ2n) is 17.2. The fourth-order valence-electron chi connectivity index (χ4n) is 10.3. The molecule has 13 rings (SSSR count). The molecule has 1 heterocycles. The molecule has 0 N–H and O–H groups in total. The summed E-state index contributed by atoms with van der Waals surface area (Å²) < 4.78 is 6.83. The number of para-hydroxylation sites is 2. The molecule has 0 amide bonds. The van der Waals surface area contributed by atoms with Crippen molar-refractivity contribution in [2.75, 3.05) is 4.90 Å². The van der Waals surface area contributed by atoms with Crippen LogP contribution in [-0.2, 0) is 0 Å². The highest BCUT2D eigenvalue weighted by Gasteiger charge is 2.19. The third kappa shape index (κ3) is 6.26. The number of nitrogens with zero attached hydrogens (tertiary/aromatic N) is 1. The number of fused-ring (bicyclic) bond motifs is 9. The zero-order valence-electron chi connectivity index (χ0n) is 36.0. The monoisotopic (exact) mass is 839 g/mol. The average molecular weight is 840 g/mol. The van der Waals surface area contributed by atoms with Crippen molar-refractivity contribution >= 4 is 82.1 Å². The van der Waals surface area contributed by atoms with Crippen LogP contribution in [-0.4, -0.2) is 0 Å². The normalized spacial score (nSPS) is 11.6. The summed E-state index contributed by atoms with van der Waals surface area (Å²) in [5.74, 6) is 0. The molecule has 13 aromatic rings. The maximum Gasteiger partial charge on any atom is 0.143 e. The van der Waals surface area contributed by atoms with Crippen LogP contribution in [0.15, 0.2) is 253 Å². The van der Waals surface area contributed by atoms with Crippen LogP contribution < -0.4 is 4.90 Å². The molecular formula is C64H41NO. The van der Waals surface area contributed by atoms with Gasteiger partial charge in [-0.05, 0) is 125 Å². The highest BCUT2D eigenvalue weighted by molar-refractivity contribution is 6.16. The first-order valence-corrected chi connectivity index (χ1v) is 22.7. The lowest BCUT2D eigenvalue weighted by Crippen LogP contribution is -2.09. The number of hydrogen-bond acceptors (Lipinski definition) is 2. The van der Waals surface area contributed by atoms with Crippen LogP contribution in [0, 0.1) is 0 Å². The Hall–Kier alpha value is -8.72. The molecule has 66 heavy (non-hydrogen) atoms. The molecule has 2 nitrogen and oxygen atoms in total. The molecule has 0 aliphatic rings. The summed E-state index contributed by atoms with van der Waals surface area (Å²) in [5.41, 5.74) is 14.3. The van der Waals surface area contributed by atoms with E-state index in [1.807, 2.05) is 0 Å². The van der Waals surface area contributed by atoms with Crippen LogP contribution in [0.25, 0.3) is 110 Å². The second-order valence-corrected chi connectivity index (χ2v) is 17.2. The minimum Gasteiger partial charge on any atom is -0.455 e. The zero-order valence-corrected chi connectivity index (χ0v) is 36.0. The average Bonchev–Trinajstić information content (AvgIpc) is 3.79. The van der Waals surface area contributed by atoms with E-state index in [9.17, 15) is 0 Å². The van der Waals surface area contributed by atoms with Crippen LogP contribution >= 0.6 is 0 Å². The minimum atomic E-state index is 0.897. The predicted molar refractivity (Wildman–Crippen MR) is 280 cm³/mol. The largest absolute Gasteiger partial charge is 0.455 e. The van der Waals surface area contributed by atoms with Gasteiger partial charge in [0.1, 0.15) is 11.2 Å². The number of rotatable bonds is 7. The van der Waals surface area contributed by atoms with E-state index >= 15 is 0 Å². The summed E-state index contributed by atoms with van der Waals surface area (Å²) in [5, 5.41) is 12.3. The fraction of sp³-hybridized carbons (Fsp3) is 0. The van der Waals surface area contributed by atoms with Crippen molar-refractivity contribution in [3.05, 3.63) is 249 Å². The second kappa shape index (κ2) is 15.5. The third-order valence-corrected chi connectivity index (χ3v) is 13.5. The Morgan fingerprint density at radius 3 is 1.00 bits per heavy atom. The van der Waals surface area contributed by atoms with Gasteiger partial charge in [0.2, 0.25) is 0 Å². The summed E-state index contributed by atoms with van der Waals surface area (Å²) in [7, 11) is 0. The summed E-state index contributed by atoms with van der Waals surface area (Å²) in [6, 6.07) is 90.1. The van der Waals surface area contributed by atoms with E-state index < -0.39 is 0 Å². The lowest BCUT2D eigenvalue weighted by atomic mass is 9.93. The van der Waals surface area contributed by atoms with Gasteiger partial charge >= 0.3 is 0 Å². The van der Waals surface area contributed by atoms with Crippen molar-refractivity contribution in [2.45, 2.75) is 0 Å². The van der Waals surface area contributed by atoms with E-state index in [2.05, 4.69) is 254 Å². The SMILES string of the molecule is c1ccc(-c2cccc3c2oc2c(-c4ccc(N(c5ccc(-c6cc7ccccc7c7ccccc67)cc5)c5ccc(-c6cc7ccccc7c7ccccc67)cc5)cc4)cccc23)cc1. The van der Waals surface area contributed by atoms with Gasteiger partial charge in [0.05, 0.1) is 0 Å². The van der Waals surface area contributed by atoms with E-state index in [1.165, 1.54) is 65.3 Å².